The maximum atomic E-state index is 12.3. The van der Waals surface area contributed by atoms with E-state index in [9.17, 15) is 18.0 Å². The summed E-state index contributed by atoms with van der Waals surface area (Å²) in [6, 6.07) is 0. The van der Waals surface area contributed by atoms with E-state index in [4.69, 9.17) is 4.74 Å². The van der Waals surface area contributed by atoms with Gasteiger partial charge in [-0.05, 0) is 12.3 Å². The van der Waals surface area contributed by atoms with Crippen molar-refractivity contribution in [1.29, 1.82) is 0 Å². The first-order chi connectivity index (χ1) is 7.85. The van der Waals surface area contributed by atoms with Gasteiger partial charge in [-0.1, -0.05) is 22.9 Å². The molecule has 3 nitrogen and oxygen atoms in total. The second-order valence-electron chi connectivity index (χ2n) is 4.12. The second-order valence-corrected chi connectivity index (χ2v) is 4.91. The van der Waals surface area contributed by atoms with E-state index >= 15 is 0 Å². The Morgan fingerprint density at radius 2 is 2.18 bits per heavy atom. The molecule has 17 heavy (non-hydrogen) atoms. The van der Waals surface area contributed by atoms with Crippen LogP contribution in [0, 0.1) is 5.92 Å². The lowest BCUT2D eigenvalue weighted by Gasteiger charge is -2.27. The molecule has 2 atom stereocenters. The van der Waals surface area contributed by atoms with Gasteiger partial charge in [-0.2, -0.15) is 13.2 Å². The van der Waals surface area contributed by atoms with Crippen molar-refractivity contribution in [2.75, 3.05) is 25.0 Å². The molecule has 1 heterocycles. The Bertz CT molecular complexity index is 273. The third-order valence-corrected chi connectivity index (χ3v) is 3.02. The lowest BCUT2D eigenvalue weighted by Crippen LogP contribution is -2.46. The molecule has 1 amide bonds. The van der Waals surface area contributed by atoms with Crippen LogP contribution in [0.4, 0.5) is 13.2 Å². The third-order valence-electron chi connectivity index (χ3n) is 2.67. The molecule has 0 saturated carbocycles. The van der Waals surface area contributed by atoms with E-state index in [0.717, 1.165) is 4.90 Å². The maximum Gasteiger partial charge on any atom is 0.406 e. The van der Waals surface area contributed by atoms with E-state index in [1.165, 1.54) is 0 Å². The van der Waals surface area contributed by atoms with Crippen molar-refractivity contribution in [3.05, 3.63) is 0 Å². The Kier molecular flexibility index (Phi) is 5.24. The van der Waals surface area contributed by atoms with Crippen LogP contribution in [0.2, 0.25) is 0 Å². The van der Waals surface area contributed by atoms with Gasteiger partial charge in [-0.25, -0.2) is 0 Å². The molecule has 0 radical (unpaired) electrons. The quantitative estimate of drug-likeness (QED) is 0.744. The molecule has 1 saturated heterocycles. The van der Waals surface area contributed by atoms with Crippen LogP contribution in [0.15, 0.2) is 0 Å². The Morgan fingerprint density at radius 1 is 1.53 bits per heavy atom. The minimum absolute atomic E-state index is 0.0199. The Labute approximate surface area is 106 Å². The summed E-state index contributed by atoms with van der Waals surface area (Å²) in [5, 5.41) is 0.315. The van der Waals surface area contributed by atoms with E-state index in [1.807, 2.05) is 6.92 Å². The fourth-order valence-corrected chi connectivity index (χ4v) is 2.20. The van der Waals surface area contributed by atoms with Crippen LogP contribution < -0.4 is 0 Å². The fourth-order valence-electron chi connectivity index (χ4n) is 1.78. The summed E-state index contributed by atoms with van der Waals surface area (Å²) in [7, 11) is 0. The second kappa shape index (κ2) is 6.04. The average molecular weight is 318 g/mol. The normalized spacial score (nSPS) is 25.0. The lowest BCUT2D eigenvalue weighted by molar-refractivity contribution is -0.167. The van der Waals surface area contributed by atoms with Crippen LogP contribution in [-0.2, 0) is 9.53 Å². The molecule has 7 heteroatoms. The van der Waals surface area contributed by atoms with Crippen LogP contribution in [0.5, 0.6) is 0 Å². The summed E-state index contributed by atoms with van der Waals surface area (Å²) in [4.78, 5) is 12.7. The minimum atomic E-state index is -4.38. The van der Waals surface area contributed by atoms with Crippen LogP contribution in [-0.4, -0.2) is 48.1 Å². The number of alkyl halides is 4. The summed E-state index contributed by atoms with van der Waals surface area (Å²) in [5.74, 6) is -0.583. The highest BCUT2D eigenvalue weighted by Gasteiger charge is 2.38. The number of halogens is 4. The van der Waals surface area contributed by atoms with Crippen LogP contribution >= 0.6 is 15.9 Å². The Balaban J connectivity index is 2.66. The topological polar surface area (TPSA) is 29.5 Å². The predicted molar refractivity (Wildman–Crippen MR) is 60.0 cm³/mol. The third kappa shape index (κ3) is 4.46. The highest BCUT2D eigenvalue weighted by molar-refractivity contribution is 9.09. The van der Waals surface area contributed by atoms with E-state index in [0.29, 0.717) is 18.4 Å². The van der Waals surface area contributed by atoms with Crippen molar-refractivity contribution in [3.8, 4) is 0 Å². The molecule has 0 aromatic heterocycles. The van der Waals surface area contributed by atoms with Gasteiger partial charge in [-0.15, -0.1) is 0 Å². The van der Waals surface area contributed by atoms with Gasteiger partial charge in [-0.3, -0.25) is 4.79 Å². The molecule has 0 bridgehead atoms. The van der Waals surface area contributed by atoms with Gasteiger partial charge >= 0.3 is 6.18 Å². The molecule has 0 aliphatic carbocycles. The van der Waals surface area contributed by atoms with Crippen molar-refractivity contribution < 1.29 is 22.7 Å². The molecule has 0 N–H and O–H groups in total. The van der Waals surface area contributed by atoms with Crippen LogP contribution in [0.3, 0.4) is 0 Å². The van der Waals surface area contributed by atoms with Gasteiger partial charge < -0.3 is 9.64 Å². The number of carbonyl (C=O) groups is 1. The number of carbonyl (C=O) groups excluding carboxylic acids is 1. The molecule has 1 aliphatic heterocycles. The van der Waals surface area contributed by atoms with Crippen molar-refractivity contribution in [2.24, 2.45) is 5.92 Å². The number of ether oxygens (including phenoxy) is 1. The lowest BCUT2D eigenvalue weighted by atomic mass is 10.0. The van der Waals surface area contributed by atoms with Gasteiger partial charge in [0.1, 0.15) is 12.6 Å². The van der Waals surface area contributed by atoms with Gasteiger partial charge in [0, 0.05) is 18.5 Å². The van der Waals surface area contributed by atoms with E-state index in [1.54, 1.807) is 0 Å². The first kappa shape index (κ1) is 14.8. The number of hydrogen-bond acceptors (Lipinski definition) is 2. The first-order valence-electron chi connectivity index (χ1n) is 5.38. The minimum Gasteiger partial charge on any atom is -0.368 e. The summed E-state index contributed by atoms with van der Waals surface area (Å²) >= 11 is 3.05. The monoisotopic (exact) mass is 317 g/mol. The highest BCUT2D eigenvalue weighted by Crippen LogP contribution is 2.24. The van der Waals surface area contributed by atoms with Gasteiger partial charge in [0.25, 0.3) is 5.91 Å². The summed E-state index contributed by atoms with van der Waals surface area (Å²) in [6.07, 6.45) is -4.39. The molecule has 100 valence electrons. The summed E-state index contributed by atoms with van der Waals surface area (Å²) < 4.78 is 42.2. The summed E-state index contributed by atoms with van der Waals surface area (Å²) in [6.45, 7) is 1.07. The van der Waals surface area contributed by atoms with Crippen LogP contribution in [0.25, 0.3) is 0 Å². The van der Waals surface area contributed by atoms with Crippen molar-refractivity contribution in [2.45, 2.75) is 25.6 Å². The van der Waals surface area contributed by atoms with Gasteiger partial charge in [0.15, 0.2) is 0 Å². The number of hydrogen-bond donors (Lipinski definition) is 0. The first-order valence-corrected chi connectivity index (χ1v) is 6.50. The zero-order valence-electron chi connectivity index (χ0n) is 9.47. The number of rotatable bonds is 4. The molecule has 0 spiro atoms. The Morgan fingerprint density at radius 3 is 2.59 bits per heavy atom. The van der Waals surface area contributed by atoms with Crippen molar-refractivity contribution >= 4 is 21.8 Å². The maximum absolute atomic E-state index is 12.3. The molecular weight excluding hydrogens is 303 g/mol. The number of amides is 1. The van der Waals surface area contributed by atoms with E-state index < -0.39 is 24.7 Å². The molecule has 1 aliphatic rings. The van der Waals surface area contributed by atoms with Crippen LogP contribution in [0.1, 0.15) is 13.3 Å². The number of nitrogens with zero attached hydrogens (tertiary/aromatic N) is 1. The zero-order chi connectivity index (χ0) is 13.1. The molecule has 0 aromatic rings. The van der Waals surface area contributed by atoms with E-state index in [-0.39, 0.29) is 12.5 Å². The van der Waals surface area contributed by atoms with Crippen molar-refractivity contribution in [3.63, 3.8) is 0 Å². The molecule has 1 fully saturated rings. The van der Waals surface area contributed by atoms with Gasteiger partial charge in [0.2, 0.25) is 0 Å². The average Bonchev–Trinajstić information content (AvgIpc) is 2.61. The standard InChI is InChI=1S/C10H15BrF3NO2/c1-7-2-5-17-8(7)9(16)15(4-3-11)6-10(12,13)14/h7-8H,2-6H2,1H3. The zero-order valence-corrected chi connectivity index (χ0v) is 11.1. The Hall–Kier alpha value is -0.300. The molecule has 0 aromatic carbocycles. The van der Waals surface area contributed by atoms with Gasteiger partial charge in [0.05, 0.1) is 0 Å². The highest BCUT2D eigenvalue weighted by atomic mass is 79.9. The summed E-state index contributed by atoms with van der Waals surface area (Å²) in [5.41, 5.74) is 0. The largest absolute Gasteiger partial charge is 0.406 e. The SMILES string of the molecule is CC1CCOC1C(=O)N(CCBr)CC(F)(F)F. The predicted octanol–water partition coefficient (Wildman–Crippen LogP) is 2.20. The van der Waals surface area contributed by atoms with Crippen molar-refractivity contribution in [1.82, 2.24) is 4.90 Å². The van der Waals surface area contributed by atoms with E-state index in [2.05, 4.69) is 15.9 Å². The fraction of sp³-hybridized carbons (Fsp3) is 0.900. The molecule has 2 unspecified atom stereocenters. The molecular formula is C10H15BrF3NO2. The smallest absolute Gasteiger partial charge is 0.368 e. The molecule has 1 rings (SSSR count).